The SMILES string of the molecule is CCN(CC)c1ccc(N=C2C(CN3OSO3)=Nn3c2nc(-c2cnccn2)c3OC)c(C)n1. The molecule has 0 spiro atoms. The van der Waals surface area contributed by atoms with E-state index in [1.807, 2.05) is 19.1 Å². The zero-order chi connectivity index (χ0) is 23.7. The van der Waals surface area contributed by atoms with Gasteiger partial charge in [-0.3, -0.25) is 9.97 Å². The molecule has 2 aliphatic heterocycles. The van der Waals surface area contributed by atoms with Crippen molar-refractivity contribution in [1.29, 1.82) is 0 Å². The maximum atomic E-state index is 5.64. The Labute approximate surface area is 200 Å². The van der Waals surface area contributed by atoms with E-state index in [4.69, 9.17) is 33.4 Å². The minimum atomic E-state index is 0.253. The van der Waals surface area contributed by atoms with E-state index >= 15 is 0 Å². The lowest BCUT2D eigenvalue weighted by Crippen LogP contribution is -2.35. The van der Waals surface area contributed by atoms with Crippen molar-refractivity contribution in [2.75, 3.05) is 31.6 Å². The van der Waals surface area contributed by atoms with Gasteiger partial charge in [-0.25, -0.2) is 15.0 Å². The van der Waals surface area contributed by atoms with Gasteiger partial charge in [-0.15, -0.1) is 0 Å². The molecule has 5 rings (SSSR count). The van der Waals surface area contributed by atoms with Crippen molar-refractivity contribution >= 4 is 35.3 Å². The molecular weight excluding hydrogens is 458 g/mol. The Kier molecular flexibility index (Phi) is 6.24. The Morgan fingerprint density at radius 1 is 1.15 bits per heavy atom. The number of aromatic nitrogens is 5. The predicted molar refractivity (Wildman–Crippen MR) is 128 cm³/mol. The van der Waals surface area contributed by atoms with E-state index in [-0.39, 0.29) is 6.54 Å². The van der Waals surface area contributed by atoms with Crippen LogP contribution in [0.15, 0.2) is 40.8 Å². The summed E-state index contributed by atoms with van der Waals surface area (Å²) in [5, 5.41) is 6.01. The van der Waals surface area contributed by atoms with Gasteiger partial charge >= 0.3 is 0 Å². The maximum absolute atomic E-state index is 5.64. The predicted octanol–water partition coefficient (Wildman–Crippen LogP) is 2.98. The molecule has 0 bridgehead atoms. The van der Waals surface area contributed by atoms with Gasteiger partial charge < -0.3 is 9.64 Å². The van der Waals surface area contributed by atoms with E-state index in [1.165, 1.54) is 5.23 Å². The number of rotatable bonds is 8. The van der Waals surface area contributed by atoms with Crippen molar-refractivity contribution in [2.24, 2.45) is 10.1 Å². The minimum Gasteiger partial charge on any atom is -0.479 e. The molecule has 12 nitrogen and oxygen atoms in total. The second-order valence-corrected chi connectivity index (χ2v) is 7.79. The molecule has 0 aromatic carbocycles. The number of imidazole rings is 1. The molecule has 0 saturated carbocycles. The van der Waals surface area contributed by atoms with Crippen molar-refractivity contribution in [1.82, 2.24) is 29.8 Å². The van der Waals surface area contributed by atoms with E-state index in [2.05, 4.69) is 28.7 Å². The number of ether oxygens (including phenoxy) is 1. The average molecular weight is 482 g/mol. The molecule has 0 amide bonds. The zero-order valence-electron chi connectivity index (χ0n) is 19.2. The van der Waals surface area contributed by atoms with Gasteiger partial charge in [-0.05, 0) is 38.1 Å². The van der Waals surface area contributed by atoms with Gasteiger partial charge in [0.2, 0.25) is 18.2 Å². The first-order valence-electron chi connectivity index (χ1n) is 10.7. The van der Waals surface area contributed by atoms with Crippen LogP contribution in [0.5, 0.6) is 5.88 Å². The molecule has 1 fully saturated rings. The highest BCUT2D eigenvalue weighted by atomic mass is 32.2. The van der Waals surface area contributed by atoms with Crippen LogP contribution in [0, 0.1) is 6.92 Å². The van der Waals surface area contributed by atoms with Crippen LogP contribution in [0.4, 0.5) is 11.5 Å². The summed E-state index contributed by atoms with van der Waals surface area (Å²) in [7, 11) is 1.56. The smallest absolute Gasteiger partial charge is 0.245 e. The highest BCUT2D eigenvalue weighted by Gasteiger charge is 2.34. The fraction of sp³-hybridized carbons (Fsp3) is 0.333. The van der Waals surface area contributed by atoms with Gasteiger partial charge in [-0.2, -0.15) is 18.3 Å². The summed E-state index contributed by atoms with van der Waals surface area (Å²) in [5.41, 5.74) is 3.80. The summed E-state index contributed by atoms with van der Waals surface area (Å²) in [6, 6.07) is 3.93. The third-order valence-corrected chi connectivity index (χ3v) is 5.84. The summed E-state index contributed by atoms with van der Waals surface area (Å²) < 4.78 is 17.7. The van der Waals surface area contributed by atoms with Crippen molar-refractivity contribution < 1.29 is 13.3 Å². The van der Waals surface area contributed by atoms with Gasteiger partial charge in [0.15, 0.2) is 11.5 Å². The number of hydroxylamine groups is 2. The second kappa shape index (κ2) is 9.46. The highest BCUT2D eigenvalue weighted by Crippen LogP contribution is 2.34. The third kappa shape index (κ3) is 4.03. The quantitative estimate of drug-likeness (QED) is 0.445. The van der Waals surface area contributed by atoms with Crippen molar-refractivity contribution in [2.45, 2.75) is 20.8 Å². The van der Waals surface area contributed by atoms with E-state index in [9.17, 15) is 0 Å². The second-order valence-electron chi connectivity index (χ2n) is 7.36. The lowest BCUT2D eigenvalue weighted by atomic mass is 10.2. The maximum Gasteiger partial charge on any atom is 0.245 e. The number of methoxy groups -OCH3 is 1. The first-order chi connectivity index (χ1) is 16.6. The Morgan fingerprint density at radius 3 is 2.59 bits per heavy atom. The normalized spacial score (nSPS) is 16.4. The molecule has 13 heteroatoms. The average Bonchev–Trinajstić information content (AvgIpc) is 3.35. The van der Waals surface area contributed by atoms with E-state index in [1.54, 1.807) is 30.4 Å². The van der Waals surface area contributed by atoms with Crippen LogP contribution < -0.4 is 9.64 Å². The molecule has 3 aromatic heterocycles. The number of aryl methyl sites for hydroxylation is 1. The van der Waals surface area contributed by atoms with Gasteiger partial charge in [0.25, 0.3) is 0 Å². The Bertz CT molecular complexity index is 1250. The van der Waals surface area contributed by atoms with Gasteiger partial charge in [0, 0.05) is 25.5 Å². The Balaban J connectivity index is 1.59. The van der Waals surface area contributed by atoms with Gasteiger partial charge in [-0.1, -0.05) is 0 Å². The van der Waals surface area contributed by atoms with E-state index in [0.717, 1.165) is 42.6 Å². The number of anilines is 1. The van der Waals surface area contributed by atoms with Crippen LogP contribution in [0.25, 0.3) is 11.4 Å². The van der Waals surface area contributed by atoms with Crippen LogP contribution in [-0.2, 0) is 8.57 Å². The van der Waals surface area contributed by atoms with Crippen LogP contribution >= 0.6 is 12.3 Å². The standard InChI is InChI=1S/C21H23N9O3S/c1-5-28(6-2)17-8-7-14(13(3)24-17)25-18-16(12-29-32-34-33-29)27-30-20(18)26-19(21(30)31-4)15-11-22-9-10-23-15/h7-11H,5-6,12H2,1-4H3. The molecule has 0 aliphatic carbocycles. The minimum absolute atomic E-state index is 0.253. The fourth-order valence-electron chi connectivity index (χ4n) is 3.68. The number of hydrogen-bond donors (Lipinski definition) is 0. The molecule has 0 radical (unpaired) electrons. The Morgan fingerprint density at radius 2 is 1.97 bits per heavy atom. The largest absolute Gasteiger partial charge is 0.479 e. The zero-order valence-corrected chi connectivity index (χ0v) is 20.0. The van der Waals surface area contributed by atoms with Crippen molar-refractivity contribution in [3.8, 4) is 17.3 Å². The van der Waals surface area contributed by atoms with Gasteiger partial charge in [0.05, 0.1) is 24.7 Å². The fourth-order valence-corrected chi connectivity index (χ4v) is 3.94. The van der Waals surface area contributed by atoms with E-state index < -0.39 is 0 Å². The van der Waals surface area contributed by atoms with Crippen LogP contribution in [0.2, 0.25) is 0 Å². The molecule has 2 aliphatic rings. The first kappa shape index (κ1) is 22.4. The molecular formula is C21H23N9O3S. The summed E-state index contributed by atoms with van der Waals surface area (Å²) in [6.45, 7) is 8.16. The monoisotopic (exact) mass is 481 g/mol. The molecule has 34 heavy (non-hydrogen) atoms. The molecule has 1 saturated heterocycles. The molecule has 0 atom stereocenters. The third-order valence-electron chi connectivity index (χ3n) is 5.39. The summed E-state index contributed by atoms with van der Waals surface area (Å²) in [4.78, 5) is 25.1. The molecule has 0 N–H and O–H groups in total. The van der Waals surface area contributed by atoms with E-state index in [0.29, 0.717) is 34.5 Å². The molecule has 3 aromatic rings. The first-order valence-corrected chi connectivity index (χ1v) is 11.4. The topological polar surface area (TPSA) is 115 Å². The lowest BCUT2D eigenvalue weighted by Gasteiger charge is -2.24. The number of pyridine rings is 1. The van der Waals surface area contributed by atoms with Crippen molar-refractivity contribution in [3.63, 3.8) is 0 Å². The number of fused-ring (bicyclic) bond motifs is 1. The van der Waals surface area contributed by atoms with Gasteiger partial charge in [0.1, 0.15) is 29.5 Å². The number of nitrogens with zero attached hydrogens (tertiary/aromatic N) is 9. The van der Waals surface area contributed by atoms with Crippen LogP contribution in [0.1, 0.15) is 25.4 Å². The summed E-state index contributed by atoms with van der Waals surface area (Å²) in [5.74, 6) is 1.87. The Hall–Kier alpha value is -3.39. The molecule has 176 valence electrons. The highest BCUT2D eigenvalue weighted by molar-refractivity contribution is 7.90. The number of hydrogen-bond acceptors (Lipinski definition) is 12. The lowest BCUT2D eigenvalue weighted by molar-refractivity contribution is -0.291. The molecule has 0 unspecified atom stereocenters. The van der Waals surface area contributed by atoms with Crippen LogP contribution in [-0.4, -0.2) is 68.0 Å². The number of aliphatic imine (C=N–C) groups is 1. The molecule has 5 heterocycles. The summed E-state index contributed by atoms with van der Waals surface area (Å²) >= 11 is 0.892. The summed E-state index contributed by atoms with van der Waals surface area (Å²) in [6.07, 6.45) is 4.83. The van der Waals surface area contributed by atoms with Crippen LogP contribution in [0.3, 0.4) is 0 Å². The van der Waals surface area contributed by atoms with Crippen molar-refractivity contribution in [3.05, 3.63) is 42.2 Å².